The molecule has 0 saturated carbocycles. The van der Waals surface area contributed by atoms with E-state index in [2.05, 4.69) is 15.1 Å². The van der Waals surface area contributed by atoms with Crippen LogP contribution >= 0.6 is 11.6 Å². The van der Waals surface area contributed by atoms with Gasteiger partial charge in [-0.2, -0.15) is 0 Å². The van der Waals surface area contributed by atoms with Gasteiger partial charge in [-0.25, -0.2) is 0 Å². The van der Waals surface area contributed by atoms with E-state index in [0.717, 1.165) is 36.9 Å². The van der Waals surface area contributed by atoms with Gasteiger partial charge in [-0.15, -0.1) is 0 Å². The van der Waals surface area contributed by atoms with Crippen LogP contribution in [0.2, 0.25) is 5.02 Å². The highest BCUT2D eigenvalue weighted by Crippen LogP contribution is 2.19. The molecule has 1 heterocycles. The minimum Gasteiger partial charge on any atom is -0.369 e. The maximum absolute atomic E-state index is 12.3. The minimum atomic E-state index is -0.558. The number of piperazine rings is 1. The number of anilines is 2. The van der Waals surface area contributed by atoms with Crippen LogP contribution in [0.5, 0.6) is 0 Å². The number of hydrogen-bond acceptors (Lipinski definition) is 4. The number of nitrogens with one attached hydrogen (secondary N) is 1. The van der Waals surface area contributed by atoms with E-state index in [1.807, 2.05) is 24.3 Å². The smallest absolute Gasteiger partial charge is 0.250 e. The summed E-state index contributed by atoms with van der Waals surface area (Å²) < 4.78 is 0. The molecule has 0 spiro atoms. The molecule has 2 amide bonds. The molecule has 1 saturated heterocycles. The molecule has 136 valence electrons. The predicted molar refractivity (Wildman–Crippen MR) is 104 cm³/mol. The first-order valence-electron chi connectivity index (χ1n) is 8.44. The first-order chi connectivity index (χ1) is 12.5. The summed E-state index contributed by atoms with van der Waals surface area (Å²) in [7, 11) is 0. The molecule has 0 atom stereocenters. The average Bonchev–Trinajstić information content (AvgIpc) is 2.63. The van der Waals surface area contributed by atoms with Gasteiger partial charge in [0.2, 0.25) is 5.91 Å². The fourth-order valence-electron chi connectivity index (χ4n) is 3.02. The van der Waals surface area contributed by atoms with Gasteiger partial charge in [0.05, 0.1) is 17.8 Å². The molecule has 26 heavy (non-hydrogen) atoms. The van der Waals surface area contributed by atoms with Crippen LogP contribution in [0.25, 0.3) is 0 Å². The molecule has 2 aromatic rings. The number of nitrogens with zero attached hydrogens (tertiary/aromatic N) is 2. The van der Waals surface area contributed by atoms with Crippen LogP contribution in [0.1, 0.15) is 10.4 Å². The van der Waals surface area contributed by atoms with Gasteiger partial charge < -0.3 is 16.0 Å². The zero-order valence-electron chi connectivity index (χ0n) is 14.3. The lowest BCUT2D eigenvalue weighted by Gasteiger charge is -2.35. The molecule has 6 nitrogen and oxygen atoms in total. The van der Waals surface area contributed by atoms with Crippen molar-refractivity contribution in [3.63, 3.8) is 0 Å². The Morgan fingerprint density at radius 2 is 1.65 bits per heavy atom. The van der Waals surface area contributed by atoms with Crippen LogP contribution in [0.4, 0.5) is 11.4 Å². The summed E-state index contributed by atoms with van der Waals surface area (Å²) in [6.07, 6.45) is 0. The third kappa shape index (κ3) is 4.53. The molecule has 0 unspecified atom stereocenters. The first kappa shape index (κ1) is 18.2. The van der Waals surface area contributed by atoms with E-state index in [1.54, 1.807) is 24.3 Å². The summed E-state index contributed by atoms with van der Waals surface area (Å²) in [5, 5.41) is 3.50. The summed E-state index contributed by atoms with van der Waals surface area (Å²) in [6, 6.07) is 14.5. The number of benzene rings is 2. The maximum atomic E-state index is 12.3. The quantitative estimate of drug-likeness (QED) is 0.843. The van der Waals surface area contributed by atoms with E-state index in [1.165, 1.54) is 0 Å². The van der Waals surface area contributed by atoms with E-state index in [4.69, 9.17) is 17.3 Å². The van der Waals surface area contributed by atoms with Crippen molar-refractivity contribution < 1.29 is 9.59 Å². The Kier molecular flexibility index (Phi) is 5.75. The number of amides is 2. The Morgan fingerprint density at radius 1 is 1.00 bits per heavy atom. The standard InChI is InChI=1S/C19H21ClN4O2/c20-14-5-7-15(8-6-14)24-11-9-23(10-12-24)13-18(25)22-17-4-2-1-3-16(17)19(21)26/h1-8H,9-13H2,(H2,21,26)(H,22,25). The highest BCUT2D eigenvalue weighted by Gasteiger charge is 2.20. The van der Waals surface area contributed by atoms with Gasteiger partial charge in [0.15, 0.2) is 0 Å². The second kappa shape index (κ2) is 8.21. The summed E-state index contributed by atoms with van der Waals surface area (Å²) in [5.41, 5.74) is 7.24. The van der Waals surface area contributed by atoms with Crippen LogP contribution in [0.15, 0.2) is 48.5 Å². The number of hydrogen-bond donors (Lipinski definition) is 2. The van der Waals surface area contributed by atoms with E-state index in [0.29, 0.717) is 11.3 Å². The summed E-state index contributed by atoms with van der Waals surface area (Å²) >= 11 is 5.93. The molecule has 7 heteroatoms. The van der Waals surface area contributed by atoms with Crippen molar-refractivity contribution >= 4 is 34.8 Å². The Balaban J connectivity index is 1.52. The van der Waals surface area contributed by atoms with Crippen molar-refractivity contribution in [3.8, 4) is 0 Å². The summed E-state index contributed by atoms with van der Waals surface area (Å²) in [6.45, 7) is 3.53. The number of primary amides is 1. The highest BCUT2D eigenvalue weighted by atomic mass is 35.5. The minimum absolute atomic E-state index is 0.154. The van der Waals surface area contributed by atoms with Gasteiger partial charge >= 0.3 is 0 Å². The van der Waals surface area contributed by atoms with Crippen LogP contribution in [-0.2, 0) is 4.79 Å². The van der Waals surface area contributed by atoms with E-state index < -0.39 is 5.91 Å². The lowest BCUT2D eigenvalue weighted by atomic mass is 10.1. The highest BCUT2D eigenvalue weighted by molar-refractivity contribution is 6.30. The Morgan fingerprint density at radius 3 is 2.31 bits per heavy atom. The molecule has 0 bridgehead atoms. The molecular formula is C19H21ClN4O2. The SMILES string of the molecule is NC(=O)c1ccccc1NC(=O)CN1CCN(c2ccc(Cl)cc2)CC1. The molecule has 1 fully saturated rings. The lowest BCUT2D eigenvalue weighted by Crippen LogP contribution is -2.48. The number of nitrogens with two attached hydrogens (primary N) is 1. The maximum Gasteiger partial charge on any atom is 0.250 e. The fourth-order valence-corrected chi connectivity index (χ4v) is 3.14. The largest absolute Gasteiger partial charge is 0.369 e. The van der Waals surface area contributed by atoms with Crippen molar-refractivity contribution in [2.24, 2.45) is 5.73 Å². The normalized spacial score (nSPS) is 14.9. The summed E-state index contributed by atoms with van der Waals surface area (Å²) in [5.74, 6) is -0.712. The van der Waals surface area contributed by atoms with Gasteiger partial charge in [0.25, 0.3) is 5.91 Å². The lowest BCUT2D eigenvalue weighted by molar-refractivity contribution is -0.117. The van der Waals surface area contributed by atoms with Gasteiger partial charge in [-0.1, -0.05) is 23.7 Å². The van der Waals surface area contributed by atoms with Gasteiger partial charge in [0.1, 0.15) is 0 Å². The number of para-hydroxylation sites is 1. The monoisotopic (exact) mass is 372 g/mol. The van der Waals surface area contributed by atoms with Crippen LogP contribution in [0, 0.1) is 0 Å². The summed E-state index contributed by atoms with van der Waals surface area (Å²) in [4.78, 5) is 28.1. The van der Waals surface area contributed by atoms with E-state index in [9.17, 15) is 9.59 Å². The number of carbonyl (C=O) groups is 2. The van der Waals surface area contributed by atoms with Gasteiger partial charge in [-0.3, -0.25) is 14.5 Å². The van der Waals surface area contributed by atoms with Gasteiger partial charge in [-0.05, 0) is 36.4 Å². The Bertz CT molecular complexity index is 786. The van der Waals surface area contributed by atoms with E-state index in [-0.39, 0.29) is 12.5 Å². The first-order valence-corrected chi connectivity index (χ1v) is 8.82. The fraction of sp³-hybridized carbons (Fsp3) is 0.263. The van der Waals surface area contributed by atoms with Gasteiger partial charge in [0, 0.05) is 36.9 Å². The van der Waals surface area contributed by atoms with Crippen LogP contribution in [0.3, 0.4) is 0 Å². The Hall–Kier alpha value is -2.57. The number of halogens is 1. The molecule has 1 aliphatic heterocycles. The third-order valence-corrected chi connectivity index (χ3v) is 4.65. The number of carbonyl (C=O) groups excluding carboxylic acids is 2. The van der Waals surface area contributed by atoms with Crippen LogP contribution < -0.4 is 16.0 Å². The zero-order chi connectivity index (χ0) is 18.5. The predicted octanol–water partition coefficient (Wildman–Crippen LogP) is 2.20. The molecule has 3 rings (SSSR count). The molecule has 2 aromatic carbocycles. The second-order valence-electron chi connectivity index (χ2n) is 6.20. The van der Waals surface area contributed by atoms with Crippen molar-refractivity contribution in [1.82, 2.24) is 4.90 Å². The van der Waals surface area contributed by atoms with Crippen molar-refractivity contribution in [1.29, 1.82) is 0 Å². The van der Waals surface area contributed by atoms with Crippen molar-refractivity contribution in [3.05, 3.63) is 59.1 Å². The number of rotatable bonds is 5. The molecule has 0 aliphatic carbocycles. The molecule has 1 aliphatic rings. The zero-order valence-corrected chi connectivity index (χ0v) is 15.1. The molecule has 3 N–H and O–H groups in total. The molecule has 0 radical (unpaired) electrons. The van der Waals surface area contributed by atoms with Crippen molar-refractivity contribution in [2.45, 2.75) is 0 Å². The van der Waals surface area contributed by atoms with Crippen molar-refractivity contribution in [2.75, 3.05) is 42.9 Å². The third-order valence-electron chi connectivity index (χ3n) is 4.40. The topological polar surface area (TPSA) is 78.7 Å². The molecule has 0 aromatic heterocycles. The Labute approximate surface area is 157 Å². The second-order valence-corrected chi connectivity index (χ2v) is 6.63. The van der Waals surface area contributed by atoms with E-state index >= 15 is 0 Å². The molecular weight excluding hydrogens is 352 g/mol. The van der Waals surface area contributed by atoms with Crippen LogP contribution in [-0.4, -0.2) is 49.4 Å². The average molecular weight is 373 g/mol.